The largest absolute Gasteiger partial charge is 0.302 e. The summed E-state index contributed by atoms with van der Waals surface area (Å²) in [5.41, 5.74) is 2.79. The van der Waals surface area contributed by atoms with E-state index >= 15 is 0 Å². The molecule has 0 unspecified atom stereocenters. The fourth-order valence-electron chi connectivity index (χ4n) is 3.54. The second-order valence-corrected chi connectivity index (χ2v) is 10.9. The molecular formula is C21H22ClN3O3S2. The second kappa shape index (κ2) is 8.26. The number of benzene rings is 2. The molecule has 2 heterocycles. The standard InChI is InChI=1S/C21H22ClN3O3S2/c1-13-3-5-17(11-14(13)2)30(27,28)25-9-7-15(8-10-25)20(26)24-21-23-18-6-4-16(22)12-19(18)29-21/h3-6,11-12,15H,7-10H2,1-2H3,(H,23,24,26). The summed E-state index contributed by atoms with van der Waals surface area (Å²) in [6, 6.07) is 10.6. The first-order valence-electron chi connectivity index (χ1n) is 9.68. The predicted molar refractivity (Wildman–Crippen MR) is 121 cm³/mol. The van der Waals surface area contributed by atoms with Crippen LogP contribution in [0.3, 0.4) is 0 Å². The molecule has 1 amide bonds. The Kier molecular flexibility index (Phi) is 5.85. The third-order valence-electron chi connectivity index (χ3n) is 5.52. The van der Waals surface area contributed by atoms with Crippen LogP contribution in [0.4, 0.5) is 5.13 Å². The lowest BCUT2D eigenvalue weighted by Gasteiger charge is -2.30. The first-order chi connectivity index (χ1) is 14.2. The van der Waals surface area contributed by atoms with Crippen molar-refractivity contribution in [3.63, 3.8) is 0 Å². The van der Waals surface area contributed by atoms with E-state index in [9.17, 15) is 13.2 Å². The Morgan fingerprint density at radius 2 is 1.87 bits per heavy atom. The summed E-state index contributed by atoms with van der Waals surface area (Å²) < 4.78 is 28.3. The van der Waals surface area contributed by atoms with E-state index in [0.29, 0.717) is 41.0 Å². The molecule has 4 rings (SSSR count). The van der Waals surface area contributed by atoms with E-state index in [-0.39, 0.29) is 11.8 Å². The minimum absolute atomic E-state index is 0.122. The number of carbonyl (C=O) groups excluding carboxylic acids is 1. The summed E-state index contributed by atoms with van der Waals surface area (Å²) in [7, 11) is -3.55. The highest BCUT2D eigenvalue weighted by molar-refractivity contribution is 7.89. The van der Waals surface area contributed by atoms with Crippen LogP contribution in [0, 0.1) is 19.8 Å². The first kappa shape index (κ1) is 21.2. The number of nitrogens with one attached hydrogen (secondary N) is 1. The van der Waals surface area contributed by atoms with Gasteiger partial charge in [-0.1, -0.05) is 29.0 Å². The van der Waals surface area contributed by atoms with Crippen molar-refractivity contribution >= 4 is 54.2 Å². The van der Waals surface area contributed by atoms with Crippen molar-refractivity contribution in [1.29, 1.82) is 0 Å². The second-order valence-electron chi connectivity index (χ2n) is 7.54. The molecule has 1 aliphatic rings. The van der Waals surface area contributed by atoms with Gasteiger partial charge in [-0.15, -0.1) is 0 Å². The monoisotopic (exact) mass is 463 g/mol. The molecule has 0 saturated carbocycles. The third kappa shape index (κ3) is 4.23. The molecule has 2 aromatic carbocycles. The van der Waals surface area contributed by atoms with Gasteiger partial charge in [0.05, 0.1) is 15.1 Å². The van der Waals surface area contributed by atoms with Crippen molar-refractivity contribution < 1.29 is 13.2 Å². The zero-order valence-electron chi connectivity index (χ0n) is 16.7. The van der Waals surface area contributed by atoms with Gasteiger partial charge in [0.2, 0.25) is 15.9 Å². The summed E-state index contributed by atoms with van der Waals surface area (Å²) in [4.78, 5) is 17.4. The molecule has 1 aromatic heterocycles. The molecule has 3 aromatic rings. The quantitative estimate of drug-likeness (QED) is 0.612. The van der Waals surface area contributed by atoms with Crippen LogP contribution in [0.15, 0.2) is 41.3 Å². The number of thiazole rings is 1. The molecule has 1 N–H and O–H groups in total. The molecule has 0 bridgehead atoms. The summed E-state index contributed by atoms with van der Waals surface area (Å²) in [5, 5.41) is 4.03. The molecule has 0 aliphatic carbocycles. The van der Waals surface area contributed by atoms with Gasteiger partial charge in [-0.3, -0.25) is 4.79 Å². The third-order valence-corrected chi connectivity index (χ3v) is 8.58. The van der Waals surface area contributed by atoms with Gasteiger partial charge in [-0.2, -0.15) is 4.31 Å². The fraction of sp³-hybridized carbons (Fsp3) is 0.333. The van der Waals surface area contributed by atoms with Gasteiger partial charge in [-0.05, 0) is 68.1 Å². The number of rotatable bonds is 4. The number of piperidine rings is 1. The molecule has 0 atom stereocenters. The number of anilines is 1. The maximum atomic E-state index is 13.0. The van der Waals surface area contributed by atoms with Crippen molar-refractivity contribution in [1.82, 2.24) is 9.29 Å². The molecular weight excluding hydrogens is 442 g/mol. The summed E-state index contributed by atoms with van der Waals surface area (Å²) in [5.74, 6) is -0.366. The molecule has 1 fully saturated rings. The Morgan fingerprint density at radius 3 is 2.57 bits per heavy atom. The van der Waals surface area contributed by atoms with Crippen LogP contribution in [0.25, 0.3) is 10.2 Å². The van der Waals surface area contributed by atoms with Crippen molar-refractivity contribution in [2.45, 2.75) is 31.6 Å². The number of halogens is 1. The number of fused-ring (bicyclic) bond motifs is 1. The van der Waals surface area contributed by atoms with Gasteiger partial charge in [0.25, 0.3) is 0 Å². The first-order valence-corrected chi connectivity index (χ1v) is 12.3. The molecule has 0 spiro atoms. The van der Waals surface area contributed by atoms with Gasteiger partial charge >= 0.3 is 0 Å². The van der Waals surface area contributed by atoms with Gasteiger partial charge < -0.3 is 5.32 Å². The Hall–Kier alpha value is -2.00. The van der Waals surface area contributed by atoms with E-state index in [1.54, 1.807) is 18.2 Å². The van der Waals surface area contributed by atoms with Crippen LogP contribution in [0.5, 0.6) is 0 Å². The van der Waals surface area contributed by atoms with Crippen molar-refractivity contribution in [3.8, 4) is 0 Å². The highest BCUT2D eigenvalue weighted by Gasteiger charge is 2.32. The van der Waals surface area contributed by atoms with Gasteiger partial charge in [0, 0.05) is 24.0 Å². The molecule has 158 valence electrons. The minimum Gasteiger partial charge on any atom is -0.302 e. The van der Waals surface area contributed by atoms with Gasteiger partial charge in [0.1, 0.15) is 0 Å². The number of hydrogen-bond acceptors (Lipinski definition) is 5. The normalized spacial score (nSPS) is 16.1. The van der Waals surface area contributed by atoms with Gasteiger partial charge in [0.15, 0.2) is 5.13 Å². The van der Waals surface area contributed by atoms with E-state index < -0.39 is 10.0 Å². The smallest absolute Gasteiger partial charge is 0.243 e. The van der Waals surface area contributed by atoms with Crippen LogP contribution in [-0.2, 0) is 14.8 Å². The Bertz CT molecular complexity index is 1220. The van der Waals surface area contributed by atoms with Crippen LogP contribution >= 0.6 is 22.9 Å². The lowest BCUT2D eigenvalue weighted by atomic mass is 9.97. The Balaban J connectivity index is 1.40. The van der Waals surface area contributed by atoms with Crippen LogP contribution in [0.1, 0.15) is 24.0 Å². The average Bonchev–Trinajstić information content (AvgIpc) is 3.11. The zero-order chi connectivity index (χ0) is 21.5. The highest BCUT2D eigenvalue weighted by atomic mass is 35.5. The lowest BCUT2D eigenvalue weighted by molar-refractivity contribution is -0.120. The molecule has 1 saturated heterocycles. The zero-order valence-corrected chi connectivity index (χ0v) is 19.1. The number of aryl methyl sites for hydroxylation is 2. The molecule has 6 nitrogen and oxygen atoms in total. The van der Waals surface area contributed by atoms with Crippen molar-refractivity contribution in [3.05, 3.63) is 52.5 Å². The Labute approximate surface area is 184 Å². The number of sulfonamides is 1. The number of carbonyl (C=O) groups is 1. The SMILES string of the molecule is Cc1ccc(S(=O)(=O)N2CCC(C(=O)Nc3nc4ccc(Cl)cc4s3)CC2)cc1C. The fourth-order valence-corrected chi connectivity index (χ4v) is 6.24. The predicted octanol–water partition coefficient (Wildman–Crippen LogP) is 4.61. The average molecular weight is 464 g/mol. The lowest BCUT2D eigenvalue weighted by Crippen LogP contribution is -2.41. The molecule has 9 heteroatoms. The number of aromatic nitrogens is 1. The summed E-state index contributed by atoms with van der Waals surface area (Å²) in [6.07, 6.45) is 0.958. The van der Waals surface area contributed by atoms with E-state index in [1.165, 1.54) is 15.6 Å². The molecule has 30 heavy (non-hydrogen) atoms. The summed E-state index contributed by atoms with van der Waals surface area (Å²) in [6.45, 7) is 4.50. The van der Waals surface area contributed by atoms with E-state index in [4.69, 9.17) is 11.6 Å². The van der Waals surface area contributed by atoms with Crippen LogP contribution in [0.2, 0.25) is 5.02 Å². The van der Waals surface area contributed by atoms with Crippen LogP contribution in [-0.4, -0.2) is 36.7 Å². The van der Waals surface area contributed by atoms with Gasteiger partial charge in [-0.25, -0.2) is 13.4 Å². The maximum absolute atomic E-state index is 13.0. The number of amides is 1. The van der Waals surface area contributed by atoms with Crippen molar-refractivity contribution in [2.75, 3.05) is 18.4 Å². The number of nitrogens with zero attached hydrogens (tertiary/aromatic N) is 2. The summed E-state index contributed by atoms with van der Waals surface area (Å²) >= 11 is 7.38. The van der Waals surface area contributed by atoms with E-state index in [1.807, 2.05) is 32.0 Å². The van der Waals surface area contributed by atoms with Crippen molar-refractivity contribution in [2.24, 2.45) is 5.92 Å². The van der Waals surface area contributed by atoms with Crippen LogP contribution < -0.4 is 5.32 Å². The minimum atomic E-state index is -3.55. The Morgan fingerprint density at radius 1 is 1.13 bits per heavy atom. The van der Waals surface area contributed by atoms with E-state index in [2.05, 4.69) is 10.3 Å². The molecule has 0 radical (unpaired) electrons. The maximum Gasteiger partial charge on any atom is 0.243 e. The highest BCUT2D eigenvalue weighted by Crippen LogP contribution is 2.30. The molecule has 1 aliphatic heterocycles. The number of hydrogen-bond donors (Lipinski definition) is 1. The van der Waals surface area contributed by atoms with E-state index in [0.717, 1.165) is 21.3 Å². The topological polar surface area (TPSA) is 79.4 Å².